The highest BCUT2D eigenvalue weighted by molar-refractivity contribution is 5.58. The molecule has 17 heavy (non-hydrogen) atoms. The Morgan fingerprint density at radius 3 is 2.53 bits per heavy atom. The monoisotopic (exact) mass is 242 g/mol. The molecule has 0 aliphatic heterocycles. The van der Waals surface area contributed by atoms with E-state index in [9.17, 15) is 8.78 Å². The molecule has 2 nitrogen and oxygen atoms in total. The van der Waals surface area contributed by atoms with E-state index in [1.807, 2.05) is 0 Å². The van der Waals surface area contributed by atoms with Crippen molar-refractivity contribution in [3.8, 4) is 0 Å². The first-order chi connectivity index (χ1) is 7.85. The number of benzene rings is 1. The molecule has 96 valence electrons. The Hall–Kier alpha value is -1.32. The molecule has 0 heterocycles. The van der Waals surface area contributed by atoms with Crippen LogP contribution in [0.4, 0.5) is 20.2 Å². The Labute approximate surface area is 101 Å². The van der Waals surface area contributed by atoms with Crippen LogP contribution in [0, 0.1) is 5.41 Å². The van der Waals surface area contributed by atoms with Crippen LogP contribution < -0.4 is 11.1 Å². The van der Waals surface area contributed by atoms with Gasteiger partial charge in [-0.05, 0) is 30.0 Å². The summed E-state index contributed by atoms with van der Waals surface area (Å²) in [7, 11) is 0. The van der Waals surface area contributed by atoms with Crippen LogP contribution in [0.2, 0.25) is 0 Å². The lowest BCUT2D eigenvalue weighted by atomic mass is 9.90. The van der Waals surface area contributed by atoms with Gasteiger partial charge in [-0.25, -0.2) is 8.78 Å². The van der Waals surface area contributed by atoms with Crippen LogP contribution in [0.5, 0.6) is 0 Å². The number of alkyl halides is 2. The van der Waals surface area contributed by atoms with Crippen LogP contribution in [0.1, 0.15) is 39.2 Å². The molecule has 0 amide bonds. The first-order valence-electron chi connectivity index (χ1n) is 5.77. The van der Waals surface area contributed by atoms with Crippen LogP contribution in [0.25, 0.3) is 0 Å². The van der Waals surface area contributed by atoms with Gasteiger partial charge in [-0.1, -0.05) is 20.8 Å². The fourth-order valence-corrected chi connectivity index (χ4v) is 1.38. The third kappa shape index (κ3) is 3.88. The summed E-state index contributed by atoms with van der Waals surface area (Å²) >= 11 is 0. The summed E-state index contributed by atoms with van der Waals surface area (Å²) < 4.78 is 25.6. The van der Waals surface area contributed by atoms with Crippen LogP contribution in [0.3, 0.4) is 0 Å². The quantitative estimate of drug-likeness (QED) is 0.764. The first-order valence-corrected chi connectivity index (χ1v) is 5.77. The molecule has 0 fully saturated rings. The Bertz CT molecular complexity index is 376. The Morgan fingerprint density at radius 1 is 1.35 bits per heavy atom. The predicted octanol–water partition coefficient (Wildman–Crippen LogP) is 4.05. The summed E-state index contributed by atoms with van der Waals surface area (Å²) in [5.74, 6) is 0. The summed E-state index contributed by atoms with van der Waals surface area (Å²) in [5, 5.41) is 3.08. The minimum absolute atomic E-state index is 0.0306. The van der Waals surface area contributed by atoms with Crippen molar-refractivity contribution in [3.63, 3.8) is 0 Å². The smallest absolute Gasteiger partial charge is 0.265 e. The van der Waals surface area contributed by atoms with Crippen molar-refractivity contribution in [1.82, 2.24) is 0 Å². The third-order valence-corrected chi connectivity index (χ3v) is 3.03. The second-order valence-electron chi connectivity index (χ2n) is 5.02. The number of anilines is 2. The standard InChI is InChI=1S/C13H20F2N2/c1-4-13(2,3)8-17-11-6-5-9(16)7-10(11)12(14)15/h5-7,12,17H,4,8,16H2,1-3H3. The molecule has 1 aromatic carbocycles. The summed E-state index contributed by atoms with van der Waals surface area (Å²) in [5.41, 5.74) is 6.40. The van der Waals surface area contributed by atoms with E-state index in [0.717, 1.165) is 6.42 Å². The van der Waals surface area contributed by atoms with Gasteiger partial charge in [-0.15, -0.1) is 0 Å². The van der Waals surface area contributed by atoms with Gasteiger partial charge in [-0.3, -0.25) is 0 Å². The lowest BCUT2D eigenvalue weighted by Gasteiger charge is -2.24. The summed E-state index contributed by atoms with van der Waals surface area (Å²) in [6.45, 7) is 6.94. The van der Waals surface area contributed by atoms with Gasteiger partial charge in [-0.2, -0.15) is 0 Å². The van der Waals surface area contributed by atoms with E-state index in [2.05, 4.69) is 26.1 Å². The van der Waals surface area contributed by atoms with E-state index >= 15 is 0 Å². The Kier molecular flexibility index (Phi) is 4.32. The average molecular weight is 242 g/mol. The predicted molar refractivity (Wildman–Crippen MR) is 68.4 cm³/mol. The molecule has 0 saturated carbocycles. The van der Waals surface area contributed by atoms with Gasteiger partial charge in [0.2, 0.25) is 0 Å². The zero-order valence-electron chi connectivity index (χ0n) is 10.6. The van der Waals surface area contributed by atoms with E-state index in [-0.39, 0.29) is 11.0 Å². The second-order valence-corrected chi connectivity index (χ2v) is 5.02. The number of nitrogens with one attached hydrogen (secondary N) is 1. The van der Waals surface area contributed by atoms with Gasteiger partial charge < -0.3 is 11.1 Å². The van der Waals surface area contributed by atoms with Crippen molar-refractivity contribution in [2.75, 3.05) is 17.6 Å². The van der Waals surface area contributed by atoms with Crippen molar-refractivity contribution in [2.45, 2.75) is 33.6 Å². The topological polar surface area (TPSA) is 38.0 Å². The molecule has 0 aliphatic rings. The number of nitrogen functional groups attached to an aromatic ring is 1. The van der Waals surface area contributed by atoms with E-state index < -0.39 is 6.43 Å². The maximum absolute atomic E-state index is 12.8. The van der Waals surface area contributed by atoms with Crippen molar-refractivity contribution < 1.29 is 8.78 Å². The van der Waals surface area contributed by atoms with Crippen LogP contribution in [0.15, 0.2) is 18.2 Å². The molecule has 0 bridgehead atoms. The minimum Gasteiger partial charge on any atom is -0.399 e. The van der Waals surface area contributed by atoms with Gasteiger partial charge in [0.1, 0.15) is 0 Å². The van der Waals surface area contributed by atoms with Crippen molar-refractivity contribution in [2.24, 2.45) is 5.41 Å². The molecule has 1 aromatic rings. The van der Waals surface area contributed by atoms with Crippen molar-refractivity contribution in [3.05, 3.63) is 23.8 Å². The van der Waals surface area contributed by atoms with E-state index in [0.29, 0.717) is 17.9 Å². The van der Waals surface area contributed by atoms with Crippen molar-refractivity contribution in [1.29, 1.82) is 0 Å². The molecule has 0 spiro atoms. The summed E-state index contributed by atoms with van der Waals surface area (Å²) in [6, 6.07) is 4.57. The number of hydrogen-bond donors (Lipinski definition) is 2. The van der Waals surface area contributed by atoms with Gasteiger partial charge in [0.25, 0.3) is 6.43 Å². The van der Waals surface area contributed by atoms with E-state index in [1.165, 1.54) is 6.07 Å². The van der Waals surface area contributed by atoms with Gasteiger partial charge in [0.05, 0.1) is 0 Å². The Balaban J connectivity index is 2.84. The van der Waals surface area contributed by atoms with Crippen LogP contribution >= 0.6 is 0 Å². The fourth-order valence-electron chi connectivity index (χ4n) is 1.38. The zero-order chi connectivity index (χ0) is 13.1. The average Bonchev–Trinajstić information content (AvgIpc) is 2.27. The molecule has 0 aromatic heterocycles. The number of hydrogen-bond acceptors (Lipinski definition) is 2. The van der Waals surface area contributed by atoms with Gasteiger partial charge in [0.15, 0.2) is 0 Å². The number of rotatable bonds is 5. The molecular formula is C13H20F2N2. The highest BCUT2D eigenvalue weighted by Gasteiger charge is 2.17. The van der Waals surface area contributed by atoms with Gasteiger partial charge in [0, 0.05) is 23.5 Å². The normalized spacial score (nSPS) is 11.9. The summed E-state index contributed by atoms with van der Waals surface area (Å²) in [6.07, 6.45) is -1.52. The molecule has 0 unspecified atom stereocenters. The molecule has 3 N–H and O–H groups in total. The van der Waals surface area contributed by atoms with Gasteiger partial charge >= 0.3 is 0 Å². The third-order valence-electron chi connectivity index (χ3n) is 3.03. The van der Waals surface area contributed by atoms with Crippen molar-refractivity contribution >= 4 is 11.4 Å². The minimum atomic E-state index is -2.51. The second kappa shape index (κ2) is 5.34. The van der Waals surface area contributed by atoms with E-state index in [4.69, 9.17) is 5.73 Å². The Morgan fingerprint density at radius 2 is 2.00 bits per heavy atom. The van der Waals surface area contributed by atoms with Crippen LogP contribution in [-0.2, 0) is 0 Å². The first kappa shape index (κ1) is 13.7. The fraction of sp³-hybridized carbons (Fsp3) is 0.538. The summed E-state index contributed by atoms with van der Waals surface area (Å²) in [4.78, 5) is 0. The zero-order valence-corrected chi connectivity index (χ0v) is 10.6. The number of nitrogens with two attached hydrogens (primary N) is 1. The molecular weight excluding hydrogens is 222 g/mol. The molecule has 0 radical (unpaired) electrons. The van der Waals surface area contributed by atoms with Crippen LogP contribution in [-0.4, -0.2) is 6.54 Å². The number of halogens is 2. The molecule has 0 saturated heterocycles. The molecule has 1 rings (SSSR count). The highest BCUT2D eigenvalue weighted by atomic mass is 19.3. The van der Waals surface area contributed by atoms with E-state index in [1.54, 1.807) is 12.1 Å². The lowest BCUT2D eigenvalue weighted by Crippen LogP contribution is -2.22. The SMILES string of the molecule is CCC(C)(C)CNc1ccc(N)cc1C(F)F. The molecule has 0 aliphatic carbocycles. The maximum Gasteiger partial charge on any atom is 0.265 e. The highest BCUT2D eigenvalue weighted by Crippen LogP contribution is 2.30. The largest absolute Gasteiger partial charge is 0.399 e. The molecule has 0 atom stereocenters. The molecule has 4 heteroatoms. The maximum atomic E-state index is 12.8. The lowest BCUT2D eigenvalue weighted by molar-refractivity contribution is 0.152.